The fourth-order valence-electron chi connectivity index (χ4n) is 4.13. The Hall–Kier alpha value is -2.55. The van der Waals surface area contributed by atoms with Crippen LogP contribution in [-0.4, -0.2) is 5.97 Å². The van der Waals surface area contributed by atoms with Crippen LogP contribution in [0.15, 0.2) is 54.6 Å². The van der Waals surface area contributed by atoms with Gasteiger partial charge in [0.05, 0.1) is 12.0 Å². The maximum atomic E-state index is 11.0. The lowest BCUT2D eigenvalue weighted by Crippen LogP contribution is -2.29. The molecule has 2 aliphatic rings. The van der Waals surface area contributed by atoms with E-state index in [2.05, 4.69) is 49.5 Å². The highest BCUT2D eigenvalue weighted by Gasteiger charge is 2.37. The van der Waals surface area contributed by atoms with Crippen molar-refractivity contribution in [1.29, 1.82) is 0 Å². The Morgan fingerprint density at radius 2 is 1.92 bits per heavy atom. The molecule has 3 heteroatoms. The van der Waals surface area contributed by atoms with Crippen molar-refractivity contribution in [2.45, 2.75) is 38.1 Å². The van der Waals surface area contributed by atoms with Gasteiger partial charge in [-0.25, -0.2) is 0 Å². The van der Waals surface area contributed by atoms with Gasteiger partial charge in [-0.15, -0.1) is 0 Å². The molecule has 128 valence electrons. The summed E-state index contributed by atoms with van der Waals surface area (Å²) < 4.78 is 0. The van der Waals surface area contributed by atoms with Crippen LogP contribution >= 0.6 is 0 Å². The maximum absolute atomic E-state index is 11.0. The van der Waals surface area contributed by atoms with Gasteiger partial charge in [-0.2, -0.15) is 0 Å². The molecule has 0 aromatic heterocycles. The number of aromatic carboxylic acids is 1. The highest BCUT2D eigenvalue weighted by molar-refractivity contribution is 5.85. The molecule has 0 unspecified atom stereocenters. The molecule has 3 atom stereocenters. The van der Waals surface area contributed by atoms with Gasteiger partial charge in [-0.3, -0.25) is 0 Å². The number of anilines is 1. The highest BCUT2D eigenvalue weighted by atomic mass is 16.4. The van der Waals surface area contributed by atoms with Crippen LogP contribution in [0.25, 0.3) is 0 Å². The smallest absolute Gasteiger partial charge is 0.0715 e. The Labute approximate surface area is 148 Å². The molecule has 0 amide bonds. The van der Waals surface area contributed by atoms with Gasteiger partial charge in [0.1, 0.15) is 0 Å². The Morgan fingerprint density at radius 3 is 2.60 bits per heavy atom. The number of carbonyl (C=O) groups excluding carboxylic acids is 1. The standard InChI is InChI=1S/C22H23NO2/c1-13(2)16-10-11-20-19(12-16)17-4-3-5-18(17)21(23-20)14-6-8-15(9-7-14)22(24)25/h3-4,6-13,17-18,21,23H,5H2,1-2H3,(H,24,25)/p-1/t17-,18+,21+/m0/s1. The molecule has 0 bridgehead atoms. The Morgan fingerprint density at radius 1 is 1.16 bits per heavy atom. The first-order valence-electron chi connectivity index (χ1n) is 8.93. The lowest BCUT2D eigenvalue weighted by molar-refractivity contribution is -0.255. The third-order valence-electron chi connectivity index (χ3n) is 5.56. The summed E-state index contributed by atoms with van der Waals surface area (Å²) in [6.07, 6.45) is 5.64. The summed E-state index contributed by atoms with van der Waals surface area (Å²) in [6, 6.07) is 14.0. The third-order valence-corrected chi connectivity index (χ3v) is 5.56. The molecule has 1 heterocycles. The Balaban J connectivity index is 1.71. The summed E-state index contributed by atoms with van der Waals surface area (Å²) in [4.78, 5) is 11.0. The predicted molar refractivity (Wildman–Crippen MR) is 97.7 cm³/mol. The average Bonchev–Trinajstić information content (AvgIpc) is 3.10. The normalized spacial score (nSPS) is 23.9. The third kappa shape index (κ3) is 2.74. The molecule has 25 heavy (non-hydrogen) atoms. The van der Waals surface area contributed by atoms with Gasteiger partial charge < -0.3 is 15.2 Å². The largest absolute Gasteiger partial charge is 0.545 e. The summed E-state index contributed by atoms with van der Waals surface area (Å²) in [5.41, 5.74) is 5.29. The molecule has 2 aromatic carbocycles. The van der Waals surface area contributed by atoms with E-state index in [-0.39, 0.29) is 11.6 Å². The number of fused-ring (bicyclic) bond motifs is 3. The van der Waals surface area contributed by atoms with Crippen LogP contribution in [0.1, 0.15) is 65.2 Å². The fraction of sp³-hybridized carbons (Fsp3) is 0.318. The summed E-state index contributed by atoms with van der Waals surface area (Å²) in [5.74, 6) is 0.267. The van der Waals surface area contributed by atoms with Gasteiger partial charge in [0, 0.05) is 11.6 Å². The SMILES string of the molecule is CC(C)c1ccc2c(c1)[C@H]1C=CC[C@H]1[C@@H](c1ccc(C(=O)[O-])cc1)N2. The number of rotatable bonds is 3. The van der Waals surface area contributed by atoms with Gasteiger partial charge >= 0.3 is 0 Å². The molecular weight excluding hydrogens is 310 g/mol. The van der Waals surface area contributed by atoms with Crippen molar-refractivity contribution in [2.75, 3.05) is 5.32 Å². The summed E-state index contributed by atoms with van der Waals surface area (Å²) in [6.45, 7) is 4.45. The second kappa shape index (κ2) is 6.07. The van der Waals surface area contributed by atoms with Crippen LogP contribution in [0, 0.1) is 5.92 Å². The van der Waals surface area contributed by atoms with E-state index in [9.17, 15) is 9.90 Å². The van der Waals surface area contributed by atoms with E-state index in [4.69, 9.17) is 0 Å². The van der Waals surface area contributed by atoms with Crippen molar-refractivity contribution in [1.82, 2.24) is 0 Å². The number of carboxylic acid groups (broad SMARTS) is 1. The minimum atomic E-state index is -1.13. The van der Waals surface area contributed by atoms with E-state index in [1.807, 2.05) is 12.1 Å². The number of benzene rings is 2. The zero-order valence-electron chi connectivity index (χ0n) is 14.5. The van der Waals surface area contributed by atoms with Crippen LogP contribution in [-0.2, 0) is 0 Å². The van der Waals surface area contributed by atoms with Crippen molar-refractivity contribution in [3.8, 4) is 0 Å². The van der Waals surface area contributed by atoms with E-state index in [1.54, 1.807) is 12.1 Å². The van der Waals surface area contributed by atoms with Crippen molar-refractivity contribution in [3.05, 3.63) is 76.9 Å². The molecule has 0 radical (unpaired) electrons. The predicted octanol–water partition coefficient (Wildman–Crippen LogP) is 4.00. The topological polar surface area (TPSA) is 52.2 Å². The zero-order chi connectivity index (χ0) is 17.6. The molecule has 1 aliphatic heterocycles. The number of nitrogens with one attached hydrogen (secondary N) is 1. The minimum absolute atomic E-state index is 0.188. The van der Waals surface area contributed by atoms with Gasteiger partial charge in [-0.05, 0) is 46.6 Å². The highest BCUT2D eigenvalue weighted by Crippen LogP contribution is 2.50. The lowest BCUT2D eigenvalue weighted by atomic mass is 9.76. The summed E-state index contributed by atoms with van der Waals surface area (Å²) in [7, 11) is 0. The first kappa shape index (κ1) is 15.9. The number of allylic oxidation sites excluding steroid dienone is 2. The minimum Gasteiger partial charge on any atom is -0.545 e. The average molecular weight is 332 g/mol. The van der Waals surface area contributed by atoms with Crippen molar-refractivity contribution in [3.63, 3.8) is 0 Å². The van der Waals surface area contributed by atoms with Crippen LogP contribution < -0.4 is 10.4 Å². The van der Waals surface area contributed by atoms with Crippen molar-refractivity contribution >= 4 is 11.7 Å². The second-order valence-corrected chi connectivity index (χ2v) is 7.39. The molecule has 4 rings (SSSR count). The Bertz CT molecular complexity index is 836. The zero-order valence-corrected chi connectivity index (χ0v) is 14.5. The molecule has 0 saturated heterocycles. The summed E-state index contributed by atoms with van der Waals surface area (Å²) >= 11 is 0. The van der Waals surface area contributed by atoms with E-state index < -0.39 is 5.97 Å². The fourth-order valence-corrected chi connectivity index (χ4v) is 4.13. The maximum Gasteiger partial charge on any atom is 0.0715 e. The second-order valence-electron chi connectivity index (χ2n) is 7.39. The van der Waals surface area contributed by atoms with Gasteiger partial charge in [0.15, 0.2) is 0 Å². The van der Waals surface area contributed by atoms with Crippen LogP contribution in [0.5, 0.6) is 0 Å². The summed E-state index contributed by atoms with van der Waals surface area (Å²) in [5, 5.41) is 14.7. The van der Waals surface area contributed by atoms with Gasteiger partial charge in [0.2, 0.25) is 0 Å². The van der Waals surface area contributed by atoms with Crippen LogP contribution in [0.4, 0.5) is 5.69 Å². The van der Waals surface area contributed by atoms with Crippen molar-refractivity contribution < 1.29 is 9.90 Å². The molecular formula is C22H22NO2-. The van der Waals surface area contributed by atoms with E-state index in [1.165, 1.54) is 16.8 Å². The van der Waals surface area contributed by atoms with E-state index in [0.717, 1.165) is 12.0 Å². The van der Waals surface area contributed by atoms with Gasteiger partial charge in [0.25, 0.3) is 0 Å². The van der Waals surface area contributed by atoms with Crippen LogP contribution in [0.2, 0.25) is 0 Å². The number of hydrogen-bond donors (Lipinski definition) is 1. The van der Waals surface area contributed by atoms with Crippen molar-refractivity contribution in [2.24, 2.45) is 5.92 Å². The number of carbonyl (C=O) groups is 1. The van der Waals surface area contributed by atoms with E-state index in [0.29, 0.717) is 17.8 Å². The quantitative estimate of drug-likeness (QED) is 0.864. The molecule has 2 aromatic rings. The lowest BCUT2D eigenvalue weighted by Gasteiger charge is -2.38. The molecule has 1 N–H and O–H groups in total. The Kier molecular flexibility index (Phi) is 3.87. The van der Waals surface area contributed by atoms with Gasteiger partial charge in [-0.1, -0.05) is 62.4 Å². The first-order valence-corrected chi connectivity index (χ1v) is 8.93. The molecule has 1 aliphatic carbocycles. The molecule has 0 fully saturated rings. The van der Waals surface area contributed by atoms with Crippen LogP contribution in [0.3, 0.4) is 0 Å². The monoisotopic (exact) mass is 332 g/mol. The van der Waals surface area contributed by atoms with E-state index >= 15 is 0 Å². The molecule has 0 spiro atoms. The number of hydrogen-bond acceptors (Lipinski definition) is 3. The number of carboxylic acids is 1. The molecule has 3 nitrogen and oxygen atoms in total. The molecule has 0 saturated carbocycles. The first-order chi connectivity index (χ1) is 12.0.